The first kappa shape index (κ1) is 19.2. The van der Waals surface area contributed by atoms with Gasteiger partial charge in [-0.2, -0.15) is 0 Å². The smallest absolute Gasteiger partial charge is 0.310 e. The van der Waals surface area contributed by atoms with Gasteiger partial charge in [-0.15, -0.1) is 0 Å². The molecule has 0 unspecified atom stereocenters. The molecule has 25 heavy (non-hydrogen) atoms. The normalized spacial score (nSPS) is 11.6. The Morgan fingerprint density at radius 3 is 2.24 bits per heavy atom. The summed E-state index contributed by atoms with van der Waals surface area (Å²) in [5.41, 5.74) is 3.12. The minimum Gasteiger partial charge on any atom is -0.455 e. The number of carbonyl (C=O) groups excluding carboxylic acids is 2. The lowest BCUT2D eigenvalue weighted by atomic mass is 10.1. The third-order valence-electron chi connectivity index (χ3n) is 3.89. The molecular formula is C20H22BrNO3. The summed E-state index contributed by atoms with van der Waals surface area (Å²) in [5.74, 6) is -0.728. The summed E-state index contributed by atoms with van der Waals surface area (Å²) in [5, 5.41) is 2.84. The lowest BCUT2D eigenvalue weighted by molar-refractivity contribution is -0.148. The fourth-order valence-electron chi connectivity index (χ4n) is 2.37. The summed E-state index contributed by atoms with van der Waals surface area (Å²) in [6, 6.07) is 15.4. The zero-order valence-corrected chi connectivity index (χ0v) is 16.0. The Hall–Kier alpha value is -2.14. The van der Waals surface area contributed by atoms with Gasteiger partial charge in [0.25, 0.3) is 5.91 Å². The Balaban J connectivity index is 1.77. The molecule has 0 saturated carbocycles. The van der Waals surface area contributed by atoms with Gasteiger partial charge in [0.15, 0.2) is 6.61 Å². The number of amides is 1. The van der Waals surface area contributed by atoms with E-state index >= 15 is 0 Å². The molecule has 1 N–H and O–H groups in total. The van der Waals surface area contributed by atoms with E-state index in [1.807, 2.05) is 43.3 Å². The number of halogens is 1. The van der Waals surface area contributed by atoms with Gasteiger partial charge in [0.1, 0.15) is 0 Å². The van der Waals surface area contributed by atoms with Crippen molar-refractivity contribution in [2.75, 3.05) is 6.61 Å². The number of benzene rings is 2. The molecule has 0 spiro atoms. The van der Waals surface area contributed by atoms with Crippen molar-refractivity contribution in [2.45, 2.75) is 32.7 Å². The van der Waals surface area contributed by atoms with Gasteiger partial charge in [-0.3, -0.25) is 9.59 Å². The van der Waals surface area contributed by atoms with Crippen molar-refractivity contribution in [1.82, 2.24) is 5.32 Å². The SMILES string of the molecule is CCc1ccc([C@H](C)NC(=O)COC(=O)Cc2ccc(Br)cc2)cc1. The molecule has 2 aromatic carbocycles. The Bertz CT molecular complexity index is 711. The number of esters is 1. The topological polar surface area (TPSA) is 55.4 Å². The predicted molar refractivity (Wildman–Crippen MR) is 101 cm³/mol. The minimum atomic E-state index is -0.419. The Morgan fingerprint density at radius 2 is 1.64 bits per heavy atom. The fourth-order valence-corrected chi connectivity index (χ4v) is 2.64. The van der Waals surface area contributed by atoms with E-state index in [1.54, 1.807) is 0 Å². The van der Waals surface area contributed by atoms with Crippen LogP contribution in [-0.4, -0.2) is 18.5 Å². The lowest BCUT2D eigenvalue weighted by Gasteiger charge is -2.15. The standard InChI is InChI=1S/C20H22BrNO3/c1-3-15-4-8-17(9-5-15)14(2)22-19(23)13-25-20(24)12-16-6-10-18(21)11-7-16/h4-11,14H,3,12-13H2,1-2H3,(H,22,23)/t14-/m0/s1. The molecule has 0 saturated heterocycles. The van der Waals surface area contributed by atoms with Gasteiger partial charge in [-0.1, -0.05) is 59.3 Å². The summed E-state index contributed by atoms with van der Waals surface area (Å²) in [7, 11) is 0. The largest absolute Gasteiger partial charge is 0.455 e. The molecule has 5 heteroatoms. The van der Waals surface area contributed by atoms with Crippen LogP contribution in [0.5, 0.6) is 0 Å². The van der Waals surface area contributed by atoms with Gasteiger partial charge in [0.2, 0.25) is 0 Å². The lowest BCUT2D eigenvalue weighted by Crippen LogP contribution is -2.31. The van der Waals surface area contributed by atoms with Crippen LogP contribution in [0.15, 0.2) is 53.0 Å². The maximum absolute atomic E-state index is 12.0. The van der Waals surface area contributed by atoms with Crippen molar-refractivity contribution in [3.05, 3.63) is 69.7 Å². The Labute approximate surface area is 156 Å². The summed E-state index contributed by atoms with van der Waals surface area (Å²) < 4.78 is 6.00. The number of nitrogens with one attached hydrogen (secondary N) is 1. The maximum atomic E-state index is 12.0. The maximum Gasteiger partial charge on any atom is 0.310 e. The number of hydrogen-bond donors (Lipinski definition) is 1. The molecule has 1 atom stereocenters. The number of hydrogen-bond acceptors (Lipinski definition) is 3. The van der Waals surface area contributed by atoms with E-state index in [0.717, 1.165) is 22.0 Å². The van der Waals surface area contributed by atoms with Gasteiger partial charge < -0.3 is 10.1 Å². The number of ether oxygens (including phenoxy) is 1. The number of carbonyl (C=O) groups is 2. The molecule has 2 rings (SSSR count). The molecule has 0 aliphatic heterocycles. The van der Waals surface area contributed by atoms with Crippen LogP contribution in [0.2, 0.25) is 0 Å². The van der Waals surface area contributed by atoms with Crippen molar-refractivity contribution < 1.29 is 14.3 Å². The summed E-state index contributed by atoms with van der Waals surface area (Å²) in [6.07, 6.45) is 1.13. The number of aryl methyl sites for hydroxylation is 1. The second-order valence-corrected chi connectivity index (χ2v) is 6.76. The second kappa shape index (κ2) is 9.37. The van der Waals surface area contributed by atoms with Crippen LogP contribution in [-0.2, 0) is 27.2 Å². The van der Waals surface area contributed by atoms with E-state index in [2.05, 4.69) is 40.3 Å². The van der Waals surface area contributed by atoms with Crippen molar-refractivity contribution in [3.8, 4) is 0 Å². The zero-order valence-electron chi connectivity index (χ0n) is 14.4. The highest BCUT2D eigenvalue weighted by atomic mass is 79.9. The molecule has 0 heterocycles. The van der Waals surface area contributed by atoms with E-state index in [4.69, 9.17) is 4.74 Å². The highest BCUT2D eigenvalue weighted by molar-refractivity contribution is 9.10. The first-order chi connectivity index (χ1) is 12.0. The van der Waals surface area contributed by atoms with Crippen LogP contribution in [0.3, 0.4) is 0 Å². The molecule has 2 aromatic rings. The van der Waals surface area contributed by atoms with E-state index < -0.39 is 5.97 Å². The first-order valence-corrected chi connectivity index (χ1v) is 9.05. The molecule has 0 fully saturated rings. The molecule has 0 aliphatic carbocycles. The van der Waals surface area contributed by atoms with Crippen LogP contribution in [0.25, 0.3) is 0 Å². The van der Waals surface area contributed by atoms with Crippen LogP contribution < -0.4 is 5.32 Å². The Kier molecular flexibility index (Phi) is 7.19. The summed E-state index contributed by atoms with van der Waals surface area (Å²) >= 11 is 3.34. The summed E-state index contributed by atoms with van der Waals surface area (Å²) in [6.45, 7) is 3.73. The van der Waals surface area contributed by atoms with Crippen molar-refractivity contribution in [2.24, 2.45) is 0 Å². The minimum absolute atomic E-state index is 0.136. The zero-order chi connectivity index (χ0) is 18.2. The average molecular weight is 404 g/mol. The van der Waals surface area contributed by atoms with Crippen LogP contribution in [0, 0.1) is 0 Å². The van der Waals surface area contributed by atoms with Crippen LogP contribution in [0.1, 0.15) is 36.6 Å². The molecule has 0 aliphatic rings. The highest BCUT2D eigenvalue weighted by Gasteiger charge is 2.12. The van der Waals surface area contributed by atoms with Crippen molar-refractivity contribution in [3.63, 3.8) is 0 Å². The molecule has 0 aromatic heterocycles. The van der Waals surface area contributed by atoms with E-state index in [1.165, 1.54) is 5.56 Å². The van der Waals surface area contributed by atoms with E-state index in [9.17, 15) is 9.59 Å². The van der Waals surface area contributed by atoms with Crippen LogP contribution in [0.4, 0.5) is 0 Å². The molecule has 1 amide bonds. The van der Waals surface area contributed by atoms with Gasteiger partial charge in [-0.25, -0.2) is 0 Å². The van der Waals surface area contributed by atoms with Gasteiger partial charge in [0.05, 0.1) is 12.5 Å². The quantitative estimate of drug-likeness (QED) is 0.711. The third kappa shape index (κ3) is 6.35. The fraction of sp³-hybridized carbons (Fsp3) is 0.300. The van der Waals surface area contributed by atoms with Crippen molar-refractivity contribution >= 4 is 27.8 Å². The highest BCUT2D eigenvalue weighted by Crippen LogP contribution is 2.14. The van der Waals surface area contributed by atoms with Gasteiger partial charge in [-0.05, 0) is 42.2 Å². The number of rotatable bonds is 7. The average Bonchev–Trinajstić information content (AvgIpc) is 2.62. The molecule has 0 bridgehead atoms. The molecule has 0 radical (unpaired) electrons. The van der Waals surface area contributed by atoms with Crippen molar-refractivity contribution in [1.29, 1.82) is 0 Å². The second-order valence-electron chi connectivity index (χ2n) is 5.85. The van der Waals surface area contributed by atoms with Gasteiger partial charge >= 0.3 is 5.97 Å². The third-order valence-corrected chi connectivity index (χ3v) is 4.42. The van der Waals surface area contributed by atoms with Gasteiger partial charge in [0, 0.05) is 4.47 Å². The molecular weight excluding hydrogens is 382 g/mol. The van der Waals surface area contributed by atoms with E-state index in [-0.39, 0.29) is 25.0 Å². The predicted octanol–water partition coefficient (Wildman–Crippen LogP) is 3.97. The van der Waals surface area contributed by atoms with Crippen LogP contribution >= 0.6 is 15.9 Å². The van der Waals surface area contributed by atoms with E-state index in [0.29, 0.717) is 0 Å². The molecule has 4 nitrogen and oxygen atoms in total. The Morgan fingerprint density at radius 1 is 1.04 bits per heavy atom. The molecule has 132 valence electrons. The first-order valence-electron chi connectivity index (χ1n) is 8.26. The monoisotopic (exact) mass is 403 g/mol. The summed E-state index contributed by atoms with van der Waals surface area (Å²) in [4.78, 5) is 23.8.